The number of rotatable bonds is 4. The molecule has 1 aromatic rings. The Morgan fingerprint density at radius 3 is 2.48 bits per heavy atom. The van der Waals surface area contributed by atoms with Crippen LogP contribution in [0.3, 0.4) is 0 Å². The average Bonchev–Trinajstić information content (AvgIpc) is 2.42. The number of benzene rings is 1. The van der Waals surface area contributed by atoms with Gasteiger partial charge in [0, 0.05) is 35.3 Å². The minimum Gasteiger partial charge on any atom is -0.311 e. The Bertz CT molecular complexity index is 436. The molecule has 0 spiro atoms. The molecule has 3 heteroatoms. The van der Waals surface area contributed by atoms with E-state index in [0.29, 0.717) is 17.5 Å². The summed E-state index contributed by atoms with van der Waals surface area (Å²) in [6, 6.07) is 10.2. The van der Waals surface area contributed by atoms with Crippen molar-refractivity contribution in [3.8, 4) is 0 Å². The van der Waals surface area contributed by atoms with Crippen LogP contribution in [0.4, 0.5) is 0 Å². The van der Waals surface area contributed by atoms with Gasteiger partial charge in [0.2, 0.25) is 0 Å². The molecule has 1 aliphatic heterocycles. The van der Waals surface area contributed by atoms with Crippen LogP contribution in [0.1, 0.15) is 46.1 Å². The van der Waals surface area contributed by atoms with Crippen molar-refractivity contribution in [2.24, 2.45) is 5.41 Å². The molecule has 1 saturated heterocycles. The zero-order valence-electron chi connectivity index (χ0n) is 13.8. The monoisotopic (exact) mass is 400 g/mol. The van der Waals surface area contributed by atoms with Crippen LogP contribution in [0.2, 0.25) is 0 Å². The van der Waals surface area contributed by atoms with E-state index in [4.69, 9.17) is 0 Å². The number of nitrogens with one attached hydrogen (secondary N) is 1. The summed E-state index contributed by atoms with van der Waals surface area (Å²) in [6.07, 6.45) is 2.55. The second-order valence-corrected chi connectivity index (χ2v) is 8.57. The van der Waals surface area contributed by atoms with Gasteiger partial charge in [-0.25, -0.2) is 0 Å². The molecule has 0 saturated carbocycles. The van der Waals surface area contributed by atoms with Gasteiger partial charge in [0.15, 0.2) is 0 Å². The Morgan fingerprint density at radius 1 is 1.24 bits per heavy atom. The lowest BCUT2D eigenvalue weighted by atomic mass is 9.84. The van der Waals surface area contributed by atoms with E-state index < -0.39 is 0 Å². The zero-order valence-corrected chi connectivity index (χ0v) is 16.0. The summed E-state index contributed by atoms with van der Waals surface area (Å²) in [7, 11) is 0. The number of nitrogens with zero attached hydrogens (tertiary/aromatic N) is 1. The highest BCUT2D eigenvalue weighted by Crippen LogP contribution is 2.26. The molecular formula is C18H29IN2. The standard InChI is InChI=1S/C18H29IN2/c1-5-6-16-11-20-17(18(2,3)4)13-21(16)12-14-7-9-15(19)10-8-14/h7-10,16-17,20H,5-6,11-13H2,1-4H3. The minimum atomic E-state index is 0.321. The maximum absolute atomic E-state index is 3.78. The minimum absolute atomic E-state index is 0.321. The first kappa shape index (κ1) is 17.2. The predicted molar refractivity (Wildman–Crippen MR) is 99.5 cm³/mol. The van der Waals surface area contributed by atoms with Crippen LogP contribution in [0.25, 0.3) is 0 Å². The molecule has 1 heterocycles. The fourth-order valence-electron chi connectivity index (χ4n) is 3.07. The molecule has 2 nitrogen and oxygen atoms in total. The summed E-state index contributed by atoms with van der Waals surface area (Å²) in [5.41, 5.74) is 1.76. The molecule has 0 amide bonds. The summed E-state index contributed by atoms with van der Waals surface area (Å²) >= 11 is 2.37. The van der Waals surface area contributed by atoms with Crippen LogP contribution >= 0.6 is 22.6 Å². The SMILES string of the molecule is CCCC1CNC(C(C)(C)C)CN1Cc1ccc(I)cc1. The summed E-state index contributed by atoms with van der Waals surface area (Å²) in [5, 5.41) is 3.78. The van der Waals surface area contributed by atoms with Crippen LogP contribution in [-0.4, -0.2) is 30.1 Å². The van der Waals surface area contributed by atoms with Gasteiger partial charge in [-0.3, -0.25) is 4.90 Å². The highest BCUT2D eigenvalue weighted by molar-refractivity contribution is 14.1. The third kappa shape index (κ3) is 4.93. The van der Waals surface area contributed by atoms with Gasteiger partial charge in [-0.15, -0.1) is 0 Å². The van der Waals surface area contributed by atoms with Gasteiger partial charge in [-0.1, -0.05) is 46.2 Å². The largest absolute Gasteiger partial charge is 0.311 e. The molecule has 0 aromatic heterocycles. The molecular weight excluding hydrogens is 371 g/mol. The first-order chi connectivity index (χ1) is 9.90. The molecule has 1 N–H and O–H groups in total. The van der Waals surface area contributed by atoms with Gasteiger partial charge in [-0.2, -0.15) is 0 Å². The quantitative estimate of drug-likeness (QED) is 0.759. The molecule has 21 heavy (non-hydrogen) atoms. The molecule has 2 unspecified atom stereocenters. The van der Waals surface area contributed by atoms with E-state index in [0.717, 1.165) is 19.6 Å². The van der Waals surface area contributed by atoms with E-state index in [2.05, 4.69) is 84.8 Å². The van der Waals surface area contributed by atoms with Crippen LogP contribution in [0.5, 0.6) is 0 Å². The van der Waals surface area contributed by atoms with E-state index in [1.54, 1.807) is 0 Å². The molecule has 118 valence electrons. The molecule has 0 radical (unpaired) electrons. The molecule has 1 fully saturated rings. The van der Waals surface area contributed by atoms with Gasteiger partial charge in [0.1, 0.15) is 0 Å². The first-order valence-corrected chi connectivity index (χ1v) is 9.20. The molecule has 1 aliphatic rings. The van der Waals surface area contributed by atoms with Crippen LogP contribution in [0.15, 0.2) is 24.3 Å². The summed E-state index contributed by atoms with van der Waals surface area (Å²) in [4.78, 5) is 2.69. The number of halogens is 1. The second-order valence-electron chi connectivity index (χ2n) is 7.33. The maximum atomic E-state index is 3.78. The van der Waals surface area contributed by atoms with Crippen molar-refractivity contribution in [3.05, 3.63) is 33.4 Å². The van der Waals surface area contributed by atoms with Crippen molar-refractivity contribution in [1.82, 2.24) is 10.2 Å². The van der Waals surface area contributed by atoms with E-state index in [1.165, 1.54) is 22.0 Å². The molecule has 0 aliphatic carbocycles. The van der Waals surface area contributed by atoms with Crippen molar-refractivity contribution in [1.29, 1.82) is 0 Å². The van der Waals surface area contributed by atoms with E-state index in [1.807, 2.05) is 0 Å². The Balaban J connectivity index is 2.08. The zero-order chi connectivity index (χ0) is 15.5. The summed E-state index contributed by atoms with van der Waals surface area (Å²) in [5.74, 6) is 0. The summed E-state index contributed by atoms with van der Waals surface area (Å²) < 4.78 is 1.31. The van der Waals surface area contributed by atoms with Gasteiger partial charge in [-0.05, 0) is 52.1 Å². The first-order valence-electron chi connectivity index (χ1n) is 8.12. The molecule has 0 bridgehead atoms. The Kier molecular flexibility index (Phi) is 6.09. The second kappa shape index (κ2) is 7.42. The van der Waals surface area contributed by atoms with Crippen molar-refractivity contribution in [2.75, 3.05) is 13.1 Å². The number of hydrogen-bond donors (Lipinski definition) is 1. The third-order valence-electron chi connectivity index (χ3n) is 4.50. The van der Waals surface area contributed by atoms with Gasteiger partial charge in [0.05, 0.1) is 0 Å². The normalized spacial score (nSPS) is 24.2. The van der Waals surface area contributed by atoms with Gasteiger partial charge < -0.3 is 5.32 Å². The Hall–Kier alpha value is -0.130. The van der Waals surface area contributed by atoms with Gasteiger partial charge >= 0.3 is 0 Å². The highest BCUT2D eigenvalue weighted by atomic mass is 127. The fourth-order valence-corrected chi connectivity index (χ4v) is 3.43. The predicted octanol–water partition coefficient (Wildman–Crippen LogP) is 4.28. The van der Waals surface area contributed by atoms with Crippen LogP contribution in [0, 0.1) is 8.99 Å². The van der Waals surface area contributed by atoms with Crippen LogP contribution < -0.4 is 5.32 Å². The average molecular weight is 400 g/mol. The number of piperazine rings is 1. The smallest absolute Gasteiger partial charge is 0.0244 e. The Morgan fingerprint density at radius 2 is 1.90 bits per heavy atom. The van der Waals surface area contributed by atoms with E-state index in [9.17, 15) is 0 Å². The van der Waals surface area contributed by atoms with Crippen molar-refractivity contribution >= 4 is 22.6 Å². The van der Waals surface area contributed by atoms with E-state index >= 15 is 0 Å². The third-order valence-corrected chi connectivity index (χ3v) is 5.22. The van der Waals surface area contributed by atoms with Crippen molar-refractivity contribution in [3.63, 3.8) is 0 Å². The highest BCUT2D eigenvalue weighted by Gasteiger charge is 2.33. The molecule has 2 atom stereocenters. The maximum Gasteiger partial charge on any atom is 0.0244 e. The van der Waals surface area contributed by atoms with E-state index in [-0.39, 0.29) is 0 Å². The van der Waals surface area contributed by atoms with Crippen LogP contribution in [-0.2, 0) is 6.54 Å². The lowest BCUT2D eigenvalue weighted by Gasteiger charge is -2.45. The summed E-state index contributed by atoms with van der Waals surface area (Å²) in [6.45, 7) is 12.7. The van der Waals surface area contributed by atoms with Crippen molar-refractivity contribution in [2.45, 2.75) is 59.2 Å². The lowest BCUT2D eigenvalue weighted by Crippen LogP contribution is -2.59. The molecule has 1 aromatic carbocycles. The topological polar surface area (TPSA) is 15.3 Å². The van der Waals surface area contributed by atoms with Gasteiger partial charge in [0.25, 0.3) is 0 Å². The molecule has 2 rings (SSSR count). The lowest BCUT2D eigenvalue weighted by molar-refractivity contribution is 0.0748. The Labute approximate surface area is 143 Å². The fraction of sp³-hybridized carbons (Fsp3) is 0.667. The number of hydrogen-bond acceptors (Lipinski definition) is 2. The van der Waals surface area contributed by atoms with Crippen molar-refractivity contribution < 1.29 is 0 Å².